The number of hydrogen-bond acceptors (Lipinski definition) is 4. The third-order valence-corrected chi connectivity index (χ3v) is 4.73. The lowest BCUT2D eigenvalue weighted by Gasteiger charge is -2.05. The van der Waals surface area contributed by atoms with Crippen LogP contribution in [0.4, 0.5) is 5.13 Å². The first kappa shape index (κ1) is 15.5. The summed E-state index contributed by atoms with van der Waals surface area (Å²) in [6, 6.07) is 14.0. The molecular formula is C19H16N4OS. The minimum Gasteiger partial charge on any atom is -0.347 e. The number of rotatable bonds is 5. The molecule has 0 unspecified atom stereocenters. The van der Waals surface area contributed by atoms with Crippen LogP contribution in [0, 0.1) is 0 Å². The van der Waals surface area contributed by atoms with Crippen LogP contribution in [0.1, 0.15) is 6.42 Å². The zero-order chi connectivity index (χ0) is 17.1. The van der Waals surface area contributed by atoms with Crippen molar-refractivity contribution >= 4 is 33.3 Å². The van der Waals surface area contributed by atoms with Crippen molar-refractivity contribution in [1.82, 2.24) is 14.5 Å². The summed E-state index contributed by atoms with van der Waals surface area (Å²) >= 11 is 1.42. The van der Waals surface area contributed by atoms with E-state index >= 15 is 0 Å². The number of carbonyl (C=O) groups is 1. The highest BCUT2D eigenvalue weighted by Gasteiger charge is 2.09. The first-order chi connectivity index (χ1) is 12.3. The quantitative estimate of drug-likeness (QED) is 0.588. The molecule has 4 rings (SSSR count). The number of nitrogens with one attached hydrogen (secondary N) is 1. The van der Waals surface area contributed by atoms with Crippen LogP contribution in [0.3, 0.4) is 0 Å². The second-order valence-electron chi connectivity index (χ2n) is 5.65. The Morgan fingerprint density at radius 1 is 1.16 bits per heavy atom. The molecule has 0 bridgehead atoms. The number of hydrogen-bond donors (Lipinski definition) is 1. The van der Waals surface area contributed by atoms with Crippen molar-refractivity contribution in [3.8, 4) is 11.3 Å². The van der Waals surface area contributed by atoms with E-state index in [0.29, 0.717) is 18.1 Å². The molecule has 25 heavy (non-hydrogen) atoms. The SMILES string of the molecule is O=C(CCn1ccc2ccccc21)Nc1nc(-c2cccnc2)cs1. The molecule has 0 aliphatic heterocycles. The molecule has 1 N–H and O–H groups in total. The van der Waals surface area contributed by atoms with Gasteiger partial charge in [-0.3, -0.25) is 9.78 Å². The van der Waals surface area contributed by atoms with Crippen LogP contribution in [0.25, 0.3) is 22.2 Å². The first-order valence-electron chi connectivity index (χ1n) is 7.99. The predicted octanol–water partition coefficient (Wildman–Crippen LogP) is 4.19. The maximum absolute atomic E-state index is 12.2. The Morgan fingerprint density at radius 3 is 2.96 bits per heavy atom. The molecule has 5 nitrogen and oxygen atoms in total. The van der Waals surface area contributed by atoms with E-state index in [9.17, 15) is 4.79 Å². The van der Waals surface area contributed by atoms with Gasteiger partial charge in [-0.1, -0.05) is 18.2 Å². The van der Waals surface area contributed by atoms with Gasteiger partial charge in [0.25, 0.3) is 0 Å². The van der Waals surface area contributed by atoms with Gasteiger partial charge in [-0.15, -0.1) is 11.3 Å². The monoisotopic (exact) mass is 348 g/mol. The molecule has 3 heterocycles. The molecular weight excluding hydrogens is 332 g/mol. The van der Waals surface area contributed by atoms with Crippen molar-refractivity contribution in [2.75, 3.05) is 5.32 Å². The minimum atomic E-state index is -0.0372. The molecule has 3 aromatic heterocycles. The van der Waals surface area contributed by atoms with Crippen LogP contribution in [0.5, 0.6) is 0 Å². The second kappa shape index (κ2) is 6.86. The van der Waals surface area contributed by atoms with Crippen molar-refractivity contribution in [3.05, 3.63) is 66.4 Å². The number of para-hydroxylation sites is 1. The second-order valence-corrected chi connectivity index (χ2v) is 6.50. The molecule has 0 fully saturated rings. The Kier molecular flexibility index (Phi) is 4.26. The third kappa shape index (κ3) is 3.44. The normalized spacial score (nSPS) is 10.9. The summed E-state index contributed by atoms with van der Waals surface area (Å²) in [7, 11) is 0. The van der Waals surface area contributed by atoms with Gasteiger partial charge in [-0.25, -0.2) is 4.98 Å². The van der Waals surface area contributed by atoms with Gasteiger partial charge in [0.2, 0.25) is 5.91 Å². The van der Waals surface area contributed by atoms with E-state index in [1.165, 1.54) is 16.7 Å². The summed E-state index contributed by atoms with van der Waals surface area (Å²) in [6.07, 6.45) is 5.91. The number of aryl methyl sites for hydroxylation is 1. The zero-order valence-corrected chi connectivity index (χ0v) is 14.2. The number of thiazole rings is 1. The first-order valence-corrected chi connectivity index (χ1v) is 8.87. The molecule has 124 valence electrons. The number of carbonyl (C=O) groups excluding carboxylic acids is 1. The molecule has 0 saturated heterocycles. The largest absolute Gasteiger partial charge is 0.347 e. The molecule has 4 aromatic rings. The van der Waals surface area contributed by atoms with Crippen LogP contribution in [0.15, 0.2) is 66.4 Å². The minimum absolute atomic E-state index is 0.0372. The summed E-state index contributed by atoms with van der Waals surface area (Å²) in [6.45, 7) is 0.639. The number of pyridine rings is 1. The van der Waals surface area contributed by atoms with Gasteiger partial charge in [0.15, 0.2) is 5.13 Å². The Balaban J connectivity index is 1.39. The van der Waals surface area contributed by atoms with Gasteiger partial charge in [0.1, 0.15) is 0 Å². The van der Waals surface area contributed by atoms with Gasteiger partial charge in [-0.05, 0) is 29.7 Å². The summed E-state index contributed by atoms with van der Waals surface area (Å²) < 4.78 is 2.10. The van der Waals surface area contributed by atoms with E-state index in [1.807, 2.05) is 35.8 Å². The Bertz CT molecular complexity index is 1010. The molecule has 0 aliphatic rings. The molecule has 1 aromatic carbocycles. The molecule has 6 heteroatoms. The van der Waals surface area contributed by atoms with E-state index in [2.05, 4.69) is 38.1 Å². The van der Waals surface area contributed by atoms with Crippen LogP contribution in [-0.2, 0) is 11.3 Å². The van der Waals surface area contributed by atoms with Crippen molar-refractivity contribution < 1.29 is 4.79 Å². The highest BCUT2D eigenvalue weighted by molar-refractivity contribution is 7.14. The summed E-state index contributed by atoms with van der Waals surface area (Å²) in [5, 5.41) is 6.60. The van der Waals surface area contributed by atoms with E-state index < -0.39 is 0 Å². The van der Waals surface area contributed by atoms with Crippen LogP contribution < -0.4 is 5.32 Å². The van der Waals surface area contributed by atoms with Gasteiger partial charge in [-0.2, -0.15) is 0 Å². The van der Waals surface area contributed by atoms with Crippen molar-refractivity contribution in [3.63, 3.8) is 0 Å². The number of amides is 1. The summed E-state index contributed by atoms with van der Waals surface area (Å²) in [5.41, 5.74) is 2.91. The van der Waals surface area contributed by atoms with E-state index in [0.717, 1.165) is 16.8 Å². The van der Waals surface area contributed by atoms with E-state index in [4.69, 9.17) is 0 Å². The smallest absolute Gasteiger partial charge is 0.227 e. The summed E-state index contributed by atoms with van der Waals surface area (Å²) in [5.74, 6) is -0.0372. The predicted molar refractivity (Wildman–Crippen MR) is 101 cm³/mol. The van der Waals surface area contributed by atoms with Crippen molar-refractivity contribution in [1.29, 1.82) is 0 Å². The highest BCUT2D eigenvalue weighted by Crippen LogP contribution is 2.24. The lowest BCUT2D eigenvalue weighted by molar-refractivity contribution is -0.116. The fourth-order valence-electron chi connectivity index (χ4n) is 2.72. The lowest BCUT2D eigenvalue weighted by atomic mass is 10.2. The maximum Gasteiger partial charge on any atom is 0.227 e. The molecule has 0 saturated carbocycles. The van der Waals surface area contributed by atoms with Crippen LogP contribution in [-0.4, -0.2) is 20.4 Å². The Hall–Kier alpha value is -2.99. The van der Waals surface area contributed by atoms with Gasteiger partial charge in [0.05, 0.1) is 5.69 Å². The van der Waals surface area contributed by atoms with Crippen molar-refractivity contribution in [2.24, 2.45) is 0 Å². The van der Waals surface area contributed by atoms with Crippen molar-refractivity contribution in [2.45, 2.75) is 13.0 Å². The Morgan fingerprint density at radius 2 is 2.08 bits per heavy atom. The van der Waals surface area contributed by atoms with Gasteiger partial charge >= 0.3 is 0 Å². The van der Waals surface area contributed by atoms with Crippen LogP contribution >= 0.6 is 11.3 Å². The average molecular weight is 348 g/mol. The van der Waals surface area contributed by atoms with Gasteiger partial charge < -0.3 is 9.88 Å². The fourth-order valence-corrected chi connectivity index (χ4v) is 3.45. The Labute approximate surface area is 149 Å². The van der Waals surface area contributed by atoms with Gasteiger partial charge in [0, 0.05) is 48.0 Å². The summed E-state index contributed by atoms with van der Waals surface area (Å²) in [4.78, 5) is 20.8. The number of fused-ring (bicyclic) bond motifs is 1. The fraction of sp³-hybridized carbons (Fsp3) is 0.105. The topological polar surface area (TPSA) is 59.8 Å². The lowest BCUT2D eigenvalue weighted by Crippen LogP contribution is -2.14. The standard InChI is InChI=1S/C19H16N4OS/c24-18(8-11-23-10-7-14-4-1-2-6-17(14)23)22-19-21-16(13-25-19)15-5-3-9-20-12-15/h1-7,9-10,12-13H,8,11H2,(H,21,22,24). The number of benzene rings is 1. The maximum atomic E-state index is 12.2. The van der Waals surface area contributed by atoms with E-state index in [-0.39, 0.29) is 5.91 Å². The number of aromatic nitrogens is 3. The molecule has 1 amide bonds. The molecule has 0 atom stereocenters. The third-order valence-electron chi connectivity index (χ3n) is 3.97. The highest BCUT2D eigenvalue weighted by atomic mass is 32.1. The molecule has 0 aliphatic carbocycles. The average Bonchev–Trinajstić information content (AvgIpc) is 3.28. The zero-order valence-electron chi connectivity index (χ0n) is 13.4. The van der Waals surface area contributed by atoms with E-state index in [1.54, 1.807) is 12.4 Å². The number of nitrogens with zero attached hydrogens (tertiary/aromatic N) is 3. The number of anilines is 1. The molecule has 0 spiro atoms. The van der Waals surface area contributed by atoms with Crippen LogP contribution in [0.2, 0.25) is 0 Å². The molecule has 0 radical (unpaired) electrons.